The lowest BCUT2D eigenvalue weighted by atomic mass is 9.96. The van der Waals surface area contributed by atoms with Crippen molar-refractivity contribution in [2.45, 2.75) is 58.0 Å². The summed E-state index contributed by atoms with van der Waals surface area (Å²) in [5.41, 5.74) is 2.02. The Balaban J connectivity index is 1.95. The van der Waals surface area contributed by atoms with Crippen molar-refractivity contribution in [3.8, 4) is 0 Å². The zero-order valence-corrected chi connectivity index (χ0v) is 12.1. The number of rotatable bonds is 5. The number of hydrogen-bond donors (Lipinski definition) is 1. The summed E-state index contributed by atoms with van der Waals surface area (Å²) >= 11 is 6.31. The predicted octanol–water partition coefficient (Wildman–Crippen LogP) is 3.12. The number of aliphatic hydroxyl groups excluding tert-OH is 1. The van der Waals surface area contributed by atoms with E-state index in [0.717, 1.165) is 35.7 Å². The fraction of sp³-hybridized carbons (Fsp3) is 0.786. The third-order valence-corrected chi connectivity index (χ3v) is 4.56. The molecule has 1 aliphatic carbocycles. The molecule has 1 heterocycles. The Labute approximate surface area is 114 Å². The molecule has 4 heteroatoms. The van der Waals surface area contributed by atoms with Crippen molar-refractivity contribution < 1.29 is 5.11 Å². The molecule has 0 saturated heterocycles. The van der Waals surface area contributed by atoms with Crippen molar-refractivity contribution in [1.82, 2.24) is 9.78 Å². The monoisotopic (exact) mass is 270 g/mol. The van der Waals surface area contributed by atoms with E-state index in [1.165, 1.54) is 25.7 Å². The average Bonchev–Trinajstić information content (AvgIpc) is 2.96. The first kappa shape index (κ1) is 13.9. The standard InChI is InChI=1S/C14H23ClN2O/c1-3-11-14(15)12(17(2)16-11)8-9-13(18)10-6-4-5-7-10/h10,13,18H,3-9H2,1-2H3. The van der Waals surface area contributed by atoms with Crippen LogP contribution in [0, 0.1) is 5.92 Å². The van der Waals surface area contributed by atoms with Crippen LogP contribution in [0.25, 0.3) is 0 Å². The van der Waals surface area contributed by atoms with Crippen LogP contribution in [0.4, 0.5) is 0 Å². The van der Waals surface area contributed by atoms with Gasteiger partial charge in [0.25, 0.3) is 0 Å². The van der Waals surface area contributed by atoms with Crippen molar-refractivity contribution in [2.24, 2.45) is 13.0 Å². The third kappa shape index (κ3) is 2.89. The van der Waals surface area contributed by atoms with E-state index in [-0.39, 0.29) is 6.10 Å². The fourth-order valence-electron chi connectivity index (χ4n) is 2.95. The van der Waals surface area contributed by atoms with E-state index >= 15 is 0 Å². The lowest BCUT2D eigenvalue weighted by Gasteiger charge is -2.17. The summed E-state index contributed by atoms with van der Waals surface area (Å²) in [5.74, 6) is 0.502. The van der Waals surface area contributed by atoms with Gasteiger partial charge in [-0.05, 0) is 38.0 Å². The first-order valence-corrected chi connectivity index (χ1v) is 7.39. The van der Waals surface area contributed by atoms with Gasteiger partial charge in [-0.15, -0.1) is 0 Å². The predicted molar refractivity (Wildman–Crippen MR) is 73.9 cm³/mol. The second-order valence-corrected chi connectivity index (χ2v) is 5.71. The summed E-state index contributed by atoms with van der Waals surface area (Å²) < 4.78 is 1.86. The van der Waals surface area contributed by atoms with Gasteiger partial charge in [-0.3, -0.25) is 4.68 Å². The largest absolute Gasteiger partial charge is 0.393 e. The van der Waals surface area contributed by atoms with E-state index in [0.29, 0.717) is 5.92 Å². The minimum Gasteiger partial charge on any atom is -0.393 e. The molecule has 0 aromatic carbocycles. The third-order valence-electron chi connectivity index (χ3n) is 4.12. The Morgan fingerprint density at radius 2 is 2.11 bits per heavy atom. The zero-order chi connectivity index (χ0) is 13.1. The number of aryl methyl sites for hydroxylation is 2. The molecular weight excluding hydrogens is 248 g/mol. The van der Waals surface area contributed by atoms with E-state index in [1.54, 1.807) is 0 Å². The highest BCUT2D eigenvalue weighted by Gasteiger charge is 2.23. The van der Waals surface area contributed by atoms with Gasteiger partial charge in [0.1, 0.15) is 0 Å². The molecule has 1 unspecified atom stereocenters. The molecule has 3 nitrogen and oxygen atoms in total. The van der Waals surface area contributed by atoms with Crippen LogP contribution in [0.2, 0.25) is 5.02 Å². The van der Waals surface area contributed by atoms with Crippen molar-refractivity contribution in [1.29, 1.82) is 0 Å². The average molecular weight is 271 g/mol. The minimum atomic E-state index is -0.177. The molecule has 102 valence electrons. The summed E-state index contributed by atoms with van der Waals surface area (Å²) in [6.07, 6.45) is 7.21. The SMILES string of the molecule is CCc1nn(C)c(CCC(O)C2CCCC2)c1Cl. The minimum absolute atomic E-state index is 0.177. The van der Waals surface area contributed by atoms with Gasteiger partial charge in [0, 0.05) is 7.05 Å². The van der Waals surface area contributed by atoms with Gasteiger partial charge >= 0.3 is 0 Å². The Morgan fingerprint density at radius 3 is 2.67 bits per heavy atom. The van der Waals surface area contributed by atoms with Crippen molar-refractivity contribution in [3.05, 3.63) is 16.4 Å². The van der Waals surface area contributed by atoms with E-state index < -0.39 is 0 Å². The number of hydrogen-bond acceptors (Lipinski definition) is 2. The summed E-state index contributed by atoms with van der Waals surface area (Å²) in [6, 6.07) is 0. The van der Waals surface area contributed by atoms with Crippen LogP contribution in [0.3, 0.4) is 0 Å². The molecule has 1 fully saturated rings. The maximum Gasteiger partial charge on any atom is 0.0849 e. The van der Waals surface area contributed by atoms with E-state index in [4.69, 9.17) is 11.6 Å². The molecule has 1 aliphatic rings. The van der Waals surface area contributed by atoms with Crippen LogP contribution < -0.4 is 0 Å². The van der Waals surface area contributed by atoms with Gasteiger partial charge in [0.2, 0.25) is 0 Å². The van der Waals surface area contributed by atoms with Crippen molar-refractivity contribution in [2.75, 3.05) is 0 Å². The number of aromatic nitrogens is 2. The molecule has 1 atom stereocenters. The summed E-state index contributed by atoms with van der Waals surface area (Å²) in [5, 5.41) is 15.4. The van der Waals surface area contributed by atoms with E-state index in [1.807, 2.05) is 11.7 Å². The molecule has 0 radical (unpaired) electrons. The molecule has 0 amide bonds. The first-order valence-electron chi connectivity index (χ1n) is 7.01. The summed E-state index contributed by atoms with van der Waals surface area (Å²) in [6.45, 7) is 2.06. The van der Waals surface area contributed by atoms with Gasteiger partial charge in [0.15, 0.2) is 0 Å². The molecule has 1 aromatic rings. The van der Waals surface area contributed by atoms with Crippen molar-refractivity contribution >= 4 is 11.6 Å². The fourth-order valence-corrected chi connectivity index (χ4v) is 3.34. The Morgan fingerprint density at radius 1 is 1.44 bits per heavy atom. The second-order valence-electron chi connectivity index (χ2n) is 5.34. The highest BCUT2D eigenvalue weighted by molar-refractivity contribution is 6.31. The van der Waals surface area contributed by atoms with E-state index in [2.05, 4.69) is 12.0 Å². The van der Waals surface area contributed by atoms with Gasteiger partial charge in [-0.25, -0.2) is 0 Å². The Bertz CT molecular complexity index is 397. The number of aliphatic hydroxyl groups is 1. The molecule has 1 aromatic heterocycles. The molecular formula is C14H23ClN2O. The molecule has 2 rings (SSSR count). The normalized spacial score (nSPS) is 18.4. The molecule has 0 spiro atoms. The molecule has 0 aliphatic heterocycles. The molecule has 1 saturated carbocycles. The van der Waals surface area contributed by atoms with Gasteiger partial charge in [-0.1, -0.05) is 31.4 Å². The van der Waals surface area contributed by atoms with Crippen LogP contribution in [0.1, 0.15) is 50.4 Å². The molecule has 18 heavy (non-hydrogen) atoms. The van der Waals surface area contributed by atoms with Gasteiger partial charge in [-0.2, -0.15) is 5.10 Å². The number of nitrogens with zero attached hydrogens (tertiary/aromatic N) is 2. The zero-order valence-electron chi connectivity index (χ0n) is 11.3. The van der Waals surface area contributed by atoms with Crippen molar-refractivity contribution in [3.63, 3.8) is 0 Å². The Kier molecular flexibility index (Phi) is 4.68. The first-order chi connectivity index (χ1) is 8.63. The Hall–Kier alpha value is -0.540. The van der Waals surface area contributed by atoms with Gasteiger partial charge < -0.3 is 5.11 Å². The molecule has 0 bridgehead atoms. The smallest absolute Gasteiger partial charge is 0.0849 e. The lowest BCUT2D eigenvalue weighted by molar-refractivity contribution is 0.102. The maximum absolute atomic E-state index is 10.2. The summed E-state index contributed by atoms with van der Waals surface area (Å²) in [7, 11) is 1.93. The highest BCUT2D eigenvalue weighted by Crippen LogP contribution is 2.30. The number of halogens is 1. The molecule has 1 N–H and O–H groups in total. The maximum atomic E-state index is 10.2. The van der Waals surface area contributed by atoms with Crippen LogP contribution in [0.5, 0.6) is 0 Å². The topological polar surface area (TPSA) is 38.0 Å². The van der Waals surface area contributed by atoms with Crippen LogP contribution in [-0.2, 0) is 19.9 Å². The van der Waals surface area contributed by atoms with Crippen LogP contribution in [-0.4, -0.2) is 21.0 Å². The van der Waals surface area contributed by atoms with E-state index in [9.17, 15) is 5.11 Å². The summed E-state index contributed by atoms with van der Waals surface area (Å²) in [4.78, 5) is 0. The lowest BCUT2D eigenvalue weighted by Crippen LogP contribution is -2.18. The van der Waals surface area contributed by atoms with Crippen LogP contribution in [0.15, 0.2) is 0 Å². The van der Waals surface area contributed by atoms with Crippen LogP contribution >= 0.6 is 11.6 Å². The van der Waals surface area contributed by atoms with Gasteiger partial charge in [0.05, 0.1) is 22.5 Å². The second kappa shape index (κ2) is 6.07. The highest BCUT2D eigenvalue weighted by atomic mass is 35.5. The quantitative estimate of drug-likeness (QED) is 0.893.